The van der Waals surface area contributed by atoms with Gasteiger partial charge in [0.25, 0.3) is 5.69 Å². The van der Waals surface area contributed by atoms with Crippen LogP contribution in [0.3, 0.4) is 0 Å². The van der Waals surface area contributed by atoms with E-state index in [2.05, 4.69) is 10.3 Å². The van der Waals surface area contributed by atoms with Gasteiger partial charge >= 0.3 is 6.03 Å². The summed E-state index contributed by atoms with van der Waals surface area (Å²) in [6, 6.07) is 16.3. The molecule has 0 unspecified atom stereocenters. The highest BCUT2D eigenvalue weighted by Crippen LogP contribution is 2.32. The Morgan fingerprint density at radius 2 is 1.74 bits per heavy atom. The van der Waals surface area contributed by atoms with Gasteiger partial charge in [-0.2, -0.15) is 4.99 Å². The van der Waals surface area contributed by atoms with Crippen molar-refractivity contribution in [2.24, 2.45) is 4.99 Å². The summed E-state index contributed by atoms with van der Waals surface area (Å²) in [6.07, 6.45) is 0. The quantitative estimate of drug-likeness (QED) is 0.208. The first-order valence-electron chi connectivity index (χ1n) is 8.78. The molecule has 3 aromatic rings. The second-order valence-corrected chi connectivity index (χ2v) is 6.84. The van der Waals surface area contributed by atoms with Crippen molar-refractivity contribution in [3.8, 4) is 11.5 Å². The number of halogens is 2. The number of nitrogens with one attached hydrogen (secondary N) is 1. The number of benzene rings is 3. The minimum absolute atomic E-state index is 0.0516. The predicted molar refractivity (Wildman–Crippen MR) is 119 cm³/mol. The Labute approximate surface area is 187 Å². The smallest absolute Gasteiger partial charge is 0.348 e. The normalized spacial score (nSPS) is 11.0. The molecule has 0 radical (unpaired) electrons. The number of aliphatic imine (C=N–C) groups is 1. The number of nitrogens with zero attached hydrogens (tertiary/aromatic N) is 2. The molecular formula is C21H15Cl2N3O5. The van der Waals surface area contributed by atoms with Gasteiger partial charge < -0.3 is 14.8 Å². The number of ether oxygens (including phenoxy) is 2. The van der Waals surface area contributed by atoms with E-state index in [9.17, 15) is 14.9 Å². The fourth-order valence-corrected chi connectivity index (χ4v) is 2.95. The molecule has 0 aliphatic heterocycles. The molecule has 3 rings (SSSR count). The summed E-state index contributed by atoms with van der Waals surface area (Å²) in [4.78, 5) is 26.4. The van der Waals surface area contributed by atoms with Crippen LogP contribution in [0.15, 0.2) is 71.7 Å². The second kappa shape index (κ2) is 9.92. The number of rotatable bonds is 5. The molecule has 3 aromatic carbocycles. The van der Waals surface area contributed by atoms with Gasteiger partial charge in [0.1, 0.15) is 11.5 Å². The van der Waals surface area contributed by atoms with E-state index in [1.54, 1.807) is 36.4 Å². The first kappa shape index (κ1) is 22.1. The van der Waals surface area contributed by atoms with Crippen molar-refractivity contribution in [1.29, 1.82) is 0 Å². The average molecular weight is 460 g/mol. The summed E-state index contributed by atoms with van der Waals surface area (Å²) >= 11 is 12.3. The largest absolute Gasteiger partial charge is 0.480 e. The number of methoxy groups -OCH3 is 1. The maximum absolute atomic E-state index is 12.3. The highest BCUT2D eigenvalue weighted by Gasteiger charge is 2.12. The summed E-state index contributed by atoms with van der Waals surface area (Å²) in [7, 11) is 1.39. The number of anilines is 1. The van der Waals surface area contributed by atoms with Crippen LogP contribution in [0.2, 0.25) is 10.0 Å². The Kier molecular flexibility index (Phi) is 7.07. The summed E-state index contributed by atoms with van der Waals surface area (Å²) in [5.41, 5.74) is 0.806. The van der Waals surface area contributed by atoms with Crippen molar-refractivity contribution in [2.75, 3.05) is 12.4 Å². The van der Waals surface area contributed by atoms with Gasteiger partial charge in [0, 0.05) is 17.8 Å². The van der Waals surface area contributed by atoms with Crippen LogP contribution in [-0.2, 0) is 4.74 Å². The Balaban J connectivity index is 1.71. The van der Waals surface area contributed by atoms with Crippen LogP contribution in [-0.4, -0.2) is 24.0 Å². The van der Waals surface area contributed by atoms with Crippen LogP contribution in [0.25, 0.3) is 0 Å². The van der Waals surface area contributed by atoms with Gasteiger partial charge in [0.15, 0.2) is 0 Å². The van der Waals surface area contributed by atoms with E-state index in [-0.39, 0.29) is 16.6 Å². The van der Waals surface area contributed by atoms with Gasteiger partial charge in [-0.15, -0.1) is 0 Å². The number of nitro benzene ring substituents is 1. The predicted octanol–water partition coefficient (Wildman–Crippen LogP) is 6.32. The van der Waals surface area contributed by atoms with E-state index in [0.717, 1.165) is 0 Å². The Morgan fingerprint density at radius 3 is 2.35 bits per heavy atom. The standard InChI is InChI=1S/C21H15Cl2N3O5/c1-30-20(16-4-2-3-5-17(16)22)25-21(27)24-13-6-11-19(18(23)12-13)31-15-9-7-14(8-10-15)26(28)29/h2-12H,1H3,(H,24,27). The molecule has 0 heterocycles. The summed E-state index contributed by atoms with van der Waals surface area (Å²) < 4.78 is 10.8. The van der Waals surface area contributed by atoms with Gasteiger partial charge in [0.05, 0.1) is 27.6 Å². The Hall–Kier alpha value is -3.62. The number of carbonyl (C=O) groups excluding carboxylic acids is 1. The second-order valence-electron chi connectivity index (χ2n) is 6.03. The maximum atomic E-state index is 12.3. The fourth-order valence-electron chi connectivity index (χ4n) is 2.52. The third-order valence-electron chi connectivity index (χ3n) is 3.96. The molecule has 0 saturated carbocycles. The number of amides is 2. The van der Waals surface area contributed by atoms with Crippen molar-refractivity contribution >= 4 is 46.5 Å². The third kappa shape index (κ3) is 5.71. The summed E-state index contributed by atoms with van der Waals surface area (Å²) in [5.74, 6) is 0.747. The maximum Gasteiger partial charge on any atom is 0.348 e. The van der Waals surface area contributed by atoms with Gasteiger partial charge in [-0.1, -0.05) is 35.3 Å². The number of hydrogen-bond donors (Lipinski definition) is 1. The lowest BCUT2D eigenvalue weighted by Gasteiger charge is -2.10. The van der Waals surface area contributed by atoms with Gasteiger partial charge in [-0.05, 0) is 42.5 Å². The van der Waals surface area contributed by atoms with Crippen LogP contribution < -0.4 is 10.1 Å². The van der Waals surface area contributed by atoms with Crippen molar-refractivity contribution in [3.63, 3.8) is 0 Å². The molecule has 158 valence electrons. The lowest BCUT2D eigenvalue weighted by molar-refractivity contribution is -0.384. The van der Waals surface area contributed by atoms with Crippen molar-refractivity contribution in [3.05, 3.63) is 92.5 Å². The van der Waals surface area contributed by atoms with Crippen LogP contribution in [0.1, 0.15) is 5.56 Å². The molecule has 8 nitrogen and oxygen atoms in total. The van der Waals surface area contributed by atoms with E-state index in [1.807, 2.05) is 0 Å². The molecular weight excluding hydrogens is 445 g/mol. The van der Waals surface area contributed by atoms with E-state index in [4.69, 9.17) is 32.7 Å². The first-order chi connectivity index (χ1) is 14.9. The SMILES string of the molecule is COC(=NC(=O)Nc1ccc(Oc2ccc([N+](=O)[O-])cc2)c(Cl)c1)c1ccccc1Cl. The van der Waals surface area contributed by atoms with E-state index in [0.29, 0.717) is 27.8 Å². The molecule has 0 aromatic heterocycles. The first-order valence-corrected chi connectivity index (χ1v) is 9.53. The molecule has 10 heteroatoms. The van der Waals surface area contributed by atoms with Crippen LogP contribution in [0, 0.1) is 10.1 Å². The van der Waals surface area contributed by atoms with Gasteiger partial charge in [-0.3, -0.25) is 10.1 Å². The minimum Gasteiger partial charge on any atom is -0.480 e. The van der Waals surface area contributed by atoms with E-state index >= 15 is 0 Å². The Bertz CT molecular complexity index is 1150. The van der Waals surface area contributed by atoms with E-state index < -0.39 is 11.0 Å². The van der Waals surface area contributed by atoms with Crippen molar-refractivity contribution < 1.29 is 19.2 Å². The zero-order chi connectivity index (χ0) is 22.4. The topological polar surface area (TPSA) is 103 Å². The molecule has 1 N–H and O–H groups in total. The van der Waals surface area contributed by atoms with Crippen LogP contribution in [0.4, 0.5) is 16.2 Å². The fraction of sp³-hybridized carbons (Fsp3) is 0.0476. The van der Waals surface area contributed by atoms with Crippen LogP contribution >= 0.6 is 23.2 Å². The lowest BCUT2D eigenvalue weighted by atomic mass is 10.2. The molecule has 0 atom stereocenters. The van der Waals surface area contributed by atoms with E-state index in [1.165, 1.54) is 37.4 Å². The third-order valence-corrected chi connectivity index (χ3v) is 4.58. The van der Waals surface area contributed by atoms with Crippen molar-refractivity contribution in [1.82, 2.24) is 0 Å². The molecule has 0 spiro atoms. The molecule has 0 aliphatic rings. The molecule has 0 aliphatic carbocycles. The molecule has 0 bridgehead atoms. The van der Waals surface area contributed by atoms with Crippen LogP contribution in [0.5, 0.6) is 11.5 Å². The molecule has 2 amide bonds. The Morgan fingerprint density at radius 1 is 1.03 bits per heavy atom. The highest BCUT2D eigenvalue weighted by molar-refractivity contribution is 6.34. The zero-order valence-electron chi connectivity index (χ0n) is 16.0. The minimum atomic E-state index is -0.683. The van der Waals surface area contributed by atoms with Crippen molar-refractivity contribution in [2.45, 2.75) is 0 Å². The number of hydrogen-bond acceptors (Lipinski definition) is 5. The van der Waals surface area contributed by atoms with Gasteiger partial charge in [0.2, 0.25) is 5.90 Å². The monoisotopic (exact) mass is 459 g/mol. The average Bonchev–Trinajstić information content (AvgIpc) is 2.75. The lowest BCUT2D eigenvalue weighted by Crippen LogP contribution is -2.13. The van der Waals surface area contributed by atoms with Gasteiger partial charge in [-0.25, -0.2) is 4.79 Å². The molecule has 0 saturated heterocycles. The number of urea groups is 1. The number of carbonyl (C=O) groups is 1. The zero-order valence-corrected chi connectivity index (χ0v) is 17.6. The molecule has 0 fully saturated rings. The highest BCUT2D eigenvalue weighted by atomic mass is 35.5. The number of nitro groups is 1. The number of non-ortho nitro benzene ring substituents is 1. The summed E-state index contributed by atoms with van der Waals surface area (Å²) in [6.45, 7) is 0. The molecule has 31 heavy (non-hydrogen) atoms. The summed E-state index contributed by atoms with van der Waals surface area (Å²) in [5, 5.41) is 13.9.